The summed E-state index contributed by atoms with van der Waals surface area (Å²) >= 11 is 0. The van der Waals surface area contributed by atoms with Crippen molar-refractivity contribution in [3.05, 3.63) is 29.8 Å². The van der Waals surface area contributed by atoms with Crippen molar-refractivity contribution >= 4 is 11.8 Å². The van der Waals surface area contributed by atoms with Crippen LogP contribution in [0.4, 0.5) is 8.78 Å². The number of halogens is 2. The summed E-state index contributed by atoms with van der Waals surface area (Å²) in [5, 5.41) is 5.51. The molecule has 1 aliphatic rings. The van der Waals surface area contributed by atoms with Crippen LogP contribution in [0.1, 0.15) is 43.5 Å². The Bertz CT molecular complexity index is 592. The van der Waals surface area contributed by atoms with E-state index in [-0.39, 0.29) is 29.8 Å². The van der Waals surface area contributed by atoms with Crippen molar-refractivity contribution in [2.24, 2.45) is 11.8 Å². The zero-order chi connectivity index (χ0) is 18.4. The van der Waals surface area contributed by atoms with Crippen LogP contribution in [-0.2, 0) is 4.79 Å². The van der Waals surface area contributed by atoms with E-state index in [2.05, 4.69) is 29.2 Å². The summed E-state index contributed by atoms with van der Waals surface area (Å²) in [5.74, 6) is 0.295. The van der Waals surface area contributed by atoms with Gasteiger partial charge in [-0.05, 0) is 42.5 Å². The van der Waals surface area contributed by atoms with Gasteiger partial charge in [0.25, 0.3) is 5.91 Å². The first-order valence-corrected chi connectivity index (χ1v) is 8.49. The van der Waals surface area contributed by atoms with Crippen LogP contribution in [0.5, 0.6) is 5.75 Å². The van der Waals surface area contributed by atoms with E-state index in [1.54, 1.807) is 0 Å². The lowest BCUT2D eigenvalue weighted by molar-refractivity contribution is -0.121. The lowest BCUT2D eigenvalue weighted by atomic mass is 9.78. The summed E-state index contributed by atoms with van der Waals surface area (Å²) in [4.78, 5) is 24.1. The van der Waals surface area contributed by atoms with E-state index in [1.807, 2.05) is 0 Å². The Kier molecular flexibility index (Phi) is 6.73. The topological polar surface area (TPSA) is 67.4 Å². The monoisotopic (exact) mass is 354 g/mol. The standard InChI is InChI=1S/C18H24F2N2O3/c1-11-4-3-5-15(12(11)2)22-16(23)10-21-17(24)13-6-8-14(9-7-13)25-18(19)20/h6-9,11-12,15,18H,3-5,10H2,1-2H3,(H,21,24)(H,22,23)/t11-,12+,15-/m0/s1. The molecule has 25 heavy (non-hydrogen) atoms. The van der Waals surface area contributed by atoms with E-state index >= 15 is 0 Å². The minimum atomic E-state index is -2.91. The van der Waals surface area contributed by atoms with Crippen LogP contribution < -0.4 is 15.4 Å². The first-order chi connectivity index (χ1) is 11.9. The Hall–Kier alpha value is -2.18. The van der Waals surface area contributed by atoms with Gasteiger partial charge in [0.1, 0.15) is 5.75 Å². The van der Waals surface area contributed by atoms with Crippen molar-refractivity contribution < 1.29 is 23.1 Å². The van der Waals surface area contributed by atoms with Crippen LogP contribution in [0.2, 0.25) is 0 Å². The first kappa shape index (κ1) is 19.1. The molecule has 1 saturated carbocycles. The molecule has 5 nitrogen and oxygen atoms in total. The zero-order valence-electron chi connectivity index (χ0n) is 14.4. The Balaban J connectivity index is 1.80. The Labute approximate surface area is 146 Å². The number of amides is 2. The van der Waals surface area contributed by atoms with Crippen LogP contribution in [-0.4, -0.2) is 31.0 Å². The molecule has 7 heteroatoms. The average molecular weight is 354 g/mol. The summed E-state index contributed by atoms with van der Waals surface area (Å²) < 4.78 is 28.4. The quantitative estimate of drug-likeness (QED) is 0.825. The van der Waals surface area contributed by atoms with Crippen molar-refractivity contribution in [2.45, 2.75) is 45.8 Å². The number of ether oxygens (including phenoxy) is 1. The summed E-state index contributed by atoms with van der Waals surface area (Å²) in [6.07, 6.45) is 3.22. The fourth-order valence-electron chi connectivity index (χ4n) is 3.09. The van der Waals surface area contributed by atoms with Gasteiger partial charge in [-0.1, -0.05) is 26.7 Å². The number of rotatable bonds is 6. The summed E-state index contributed by atoms with van der Waals surface area (Å²) in [5.41, 5.74) is 0.272. The molecule has 0 aromatic heterocycles. The summed E-state index contributed by atoms with van der Waals surface area (Å²) in [6.45, 7) is 1.29. The minimum Gasteiger partial charge on any atom is -0.435 e. The molecular formula is C18H24F2N2O3. The highest BCUT2D eigenvalue weighted by Crippen LogP contribution is 2.29. The zero-order valence-corrected chi connectivity index (χ0v) is 14.4. The average Bonchev–Trinajstić information content (AvgIpc) is 2.57. The third-order valence-electron chi connectivity index (χ3n) is 4.80. The first-order valence-electron chi connectivity index (χ1n) is 8.49. The second kappa shape index (κ2) is 8.78. The predicted molar refractivity (Wildman–Crippen MR) is 89.5 cm³/mol. The van der Waals surface area contributed by atoms with Crippen LogP contribution in [0.15, 0.2) is 24.3 Å². The van der Waals surface area contributed by atoms with E-state index < -0.39 is 12.5 Å². The van der Waals surface area contributed by atoms with Gasteiger partial charge in [-0.2, -0.15) is 8.78 Å². The Morgan fingerprint density at radius 1 is 1.20 bits per heavy atom. The van der Waals surface area contributed by atoms with Crippen LogP contribution in [0.3, 0.4) is 0 Å². The SMILES string of the molecule is C[C@H]1[C@@H](NC(=O)CNC(=O)c2ccc(OC(F)F)cc2)CCC[C@@H]1C. The van der Waals surface area contributed by atoms with E-state index in [0.717, 1.165) is 12.8 Å². The third-order valence-corrected chi connectivity index (χ3v) is 4.80. The van der Waals surface area contributed by atoms with Crippen LogP contribution in [0, 0.1) is 11.8 Å². The van der Waals surface area contributed by atoms with Gasteiger partial charge in [-0.3, -0.25) is 9.59 Å². The number of hydrogen-bond donors (Lipinski definition) is 2. The molecular weight excluding hydrogens is 330 g/mol. The second-order valence-electron chi connectivity index (χ2n) is 6.53. The molecule has 0 bridgehead atoms. The molecule has 2 N–H and O–H groups in total. The molecule has 138 valence electrons. The van der Waals surface area contributed by atoms with Crippen molar-refractivity contribution in [2.75, 3.05) is 6.54 Å². The van der Waals surface area contributed by atoms with Gasteiger partial charge < -0.3 is 15.4 Å². The van der Waals surface area contributed by atoms with Crippen molar-refractivity contribution in [1.29, 1.82) is 0 Å². The van der Waals surface area contributed by atoms with E-state index in [9.17, 15) is 18.4 Å². The van der Waals surface area contributed by atoms with Crippen molar-refractivity contribution in [3.63, 3.8) is 0 Å². The van der Waals surface area contributed by atoms with E-state index in [1.165, 1.54) is 30.7 Å². The molecule has 1 aromatic carbocycles. The van der Waals surface area contributed by atoms with Crippen LogP contribution >= 0.6 is 0 Å². The van der Waals surface area contributed by atoms with Crippen molar-refractivity contribution in [1.82, 2.24) is 10.6 Å². The van der Waals surface area contributed by atoms with E-state index in [4.69, 9.17) is 0 Å². The minimum absolute atomic E-state index is 0.0234. The molecule has 1 aliphatic carbocycles. The fraction of sp³-hybridized carbons (Fsp3) is 0.556. The highest BCUT2D eigenvalue weighted by Gasteiger charge is 2.28. The number of carbonyl (C=O) groups is 2. The van der Waals surface area contributed by atoms with Gasteiger partial charge in [0.2, 0.25) is 5.91 Å². The molecule has 1 aromatic rings. The molecule has 0 radical (unpaired) electrons. The maximum absolute atomic E-state index is 12.1. The fourth-order valence-corrected chi connectivity index (χ4v) is 3.09. The molecule has 0 unspecified atom stereocenters. The Morgan fingerprint density at radius 3 is 2.52 bits per heavy atom. The molecule has 3 atom stereocenters. The molecule has 2 rings (SSSR count). The summed E-state index contributed by atoms with van der Waals surface area (Å²) in [7, 11) is 0. The lowest BCUT2D eigenvalue weighted by Crippen LogP contribution is -2.47. The molecule has 2 amide bonds. The molecule has 0 saturated heterocycles. The largest absolute Gasteiger partial charge is 0.435 e. The summed E-state index contributed by atoms with van der Waals surface area (Å²) in [6, 6.07) is 5.45. The highest BCUT2D eigenvalue weighted by atomic mass is 19.3. The van der Waals surface area contributed by atoms with Gasteiger partial charge in [-0.15, -0.1) is 0 Å². The second-order valence-corrected chi connectivity index (χ2v) is 6.53. The third kappa shape index (κ3) is 5.69. The highest BCUT2D eigenvalue weighted by molar-refractivity contribution is 5.96. The van der Waals surface area contributed by atoms with E-state index in [0.29, 0.717) is 11.8 Å². The van der Waals surface area contributed by atoms with Crippen molar-refractivity contribution in [3.8, 4) is 5.75 Å². The molecule has 1 fully saturated rings. The van der Waals surface area contributed by atoms with Gasteiger partial charge >= 0.3 is 6.61 Å². The maximum Gasteiger partial charge on any atom is 0.387 e. The van der Waals surface area contributed by atoms with Gasteiger partial charge in [-0.25, -0.2) is 0 Å². The van der Waals surface area contributed by atoms with Gasteiger partial charge in [0, 0.05) is 11.6 Å². The number of carbonyl (C=O) groups excluding carboxylic acids is 2. The number of benzene rings is 1. The smallest absolute Gasteiger partial charge is 0.387 e. The van der Waals surface area contributed by atoms with Crippen LogP contribution in [0.25, 0.3) is 0 Å². The molecule has 0 heterocycles. The predicted octanol–water partition coefficient (Wildman–Crippen LogP) is 2.96. The van der Waals surface area contributed by atoms with Gasteiger partial charge in [0.05, 0.1) is 6.54 Å². The normalized spacial score (nSPS) is 23.2. The molecule has 0 spiro atoms. The number of alkyl halides is 2. The maximum atomic E-state index is 12.1. The molecule has 0 aliphatic heterocycles. The van der Waals surface area contributed by atoms with Gasteiger partial charge in [0.15, 0.2) is 0 Å². The lowest BCUT2D eigenvalue weighted by Gasteiger charge is -2.34. The Morgan fingerprint density at radius 2 is 1.88 bits per heavy atom. The number of hydrogen-bond acceptors (Lipinski definition) is 3. The number of nitrogens with one attached hydrogen (secondary N) is 2.